The van der Waals surface area contributed by atoms with Crippen LogP contribution in [0.4, 0.5) is 0 Å². The zero-order valence-electron chi connectivity index (χ0n) is 12.6. The average Bonchev–Trinajstić information content (AvgIpc) is 2.12. The van der Waals surface area contributed by atoms with Gasteiger partial charge in [-0.25, -0.2) is 0 Å². The molecule has 1 saturated carbocycles. The lowest BCUT2D eigenvalue weighted by Gasteiger charge is -2.52. The van der Waals surface area contributed by atoms with Crippen LogP contribution in [0.1, 0.15) is 54.9 Å². The van der Waals surface area contributed by atoms with Gasteiger partial charge < -0.3 is 5.11 Å². The van der Waals surface area contributed by atoms with E-state index in [2.05, 4.69) is 60.6 Å². The molecule has 0 radical (unpaired) electrons. The Morgan fingerprint density at radius 3 is 2.24 bits per heavy atom. The van der Waals surface area contributed by atoms with Crippen LogP contribution in [0.3, 0.4) is 0 Å². The van der Waals surface area contributed by atoms with Crippen LogP contribution >= 0.6 is 0 Å². The van der Waals surface area contributed by atoms with Crippen molar-refractivity contribution in [3.05, 3.63) is 12.2 Å². The van der Waals surface area contributed by atoms with Crippen LogP contribution < -0.4 is 0 Å². The molecule has 0 saturated heterocycles. The molecule has 1 N–H and O–H groups in total. The SMILES string of the molecule is CC=CC(C)(C)C1C(O)CC(C)(C)C(C)C1C. The molecule has 1 heteroatoms. The molecule has 0 spiro atoms. The summed E-state index contributed by atoms with van der Waals surface area (Å²) in [4.78, 5) is 0. The smallest absolute Gasteiger partial charge is 0.0584 e. The van der Waals surface area contributed by atoms with E-state index < -0.39 is 0 Å². The Kier molecular flexibility index (Phi) is 4.13. The maximum absolute atomic E-state index is 10.5. The van der Waals surface area contributed by atoms with Gasteiger partial charge in [-0.05, 0) is 41.9 Å². The highest BCUT2D eigenvalue weighted by molar-refractivity contribution is 5.05. The third-order valence-electron chi connectivity index (χ3n) is 5.19. The first-order chi connectivity index (χ1) is 7.63. The molecular formula is C16H30O. The van der Waals surface area contributed by atoms with Gasteiger partial charge in [0.2, 0.25) is 0 Å². The fourth-order valence-corrected chi connectivity index (χ4v) is 3.94. The molecule has 0 aromatic carbocycles. The summed E-state index contributed by atoms with van der Waals surface area (Å²) >= 11 is 0. The Morgan fingerprint density at radius 2 is 1.76 bits per heavy atom. The number of allylic oxidation sites excluding steroid dienone is 2. The fraction of sp³-hybridized carbons (Fsp3) is 0.875. The van der Waals surface area contributed by atoms with E-state index in [9.17, 15) is 5.11 Å². The summed E-state index contributed by atoms with van der Waals surface area (Å²) < 4.78 is 0. The van der Waals surface area contributed by atoms with E-state index in [0.717, 1.165) is 6.42 Å². The number of hydrogen-bond acceptors (Lipinski definition) is 1. The molecule has 0 aromatic heterocycles. The lowest BCUT2D eigenvalue weighted by Crippen LogP contribution is -2.50. The third-order valence-corrected chi connectivity index (χ3v) is 5.19. The van der Waals surface area contributed by atoms with Crippen LogP contribution in [0.15, 0.2) is 12.2 Å². The van der Waals surface area contributed by atoms with Gasteiger partial charge in [-0.2, -0.15) is 0 Å². The summed E-state index contributed by atoms with van der Waals surface area (Å²) in [5.74, 6) is 1.57. The molecule has 100 valence electrons. The first-order valence-corrected chi connectivity index (χ1v) is 6.95. The van der Waals surface area contributed by atoms with Crippen molar-refractivity contribution in [2.24, 2.45) is 28.6 Å². The van der Waals surface area contributed by atoms with E-state index in [1.807, 2.05) is 0 Å². The van der Waals surface area contributed by atoms with Crippen molar-refractivity contribution in [3.63, 3.8) is 0 Å². The van der Waals surface area contributed by atoms with Gasteiger partial charge in [-0.15, -0.1) is 0 Å². The van der Waals surface area contributed by atoms with Crippen molar-refractivity contribution in [2.75, 3.05) is 0 Å². The highest BCUT2D eigenvalue weighted by atomic mass is 16.3. The van der Waals surface area contributed by atoms with Crippen LogP contribution in [0.25, 0.3) is 0 Å². The summed E-state index contributed by atoms with van der Waals surface area (Å²) in [6, 6.07) is 0. The number of hydrogen-bond donors (Lipinski definition) is 1. The molecule has 0 aromatic rings. The van der Waals surface area contributed by atoms with Gasteiger partial charge in [0.05, 0.1) is 6.10 Å². The van der Waals surface area contributed by atoms with Crippen molar-refractivity contribution in [3.8, 4) is 0 Å². The van der Waals surface area contributed by atoms with E-state index in [1.165, 1.54) is 0 Å². The van der Waals surface area contributed by atoms with Crippen LogP contribution in [0.2, 0.25) is 0 Å². The average molecular weight is 238 g/mol. The van der Waals surface area contributed by atoms with Gasteiger partial charge in [-0.3, -0.25) is 0 Å². The summed E-state index contributed by atoms with van der Waals surface area (Å²) in [5.41, 5.74) is 0.333. The van der Waals surface area contributed by atoms with Gasteiger partial charge in [0.15, 0.2) is 0 Å². The quantitative estimate of drug-likeness (QED) is 0.712. The standard InChI is InChI=1S/C16H30O/c1-8-9-15(4,5)14-11(2)12(3)16(6,7)10-13(14)17/h8-9,11-14,17H,10H2,1-7H3. The second-order valence-corrected chi connectivity index (χ2v) is 7.25. The van der Waals surface area contributed by atoms with E-state index in [4.69, 9.17) is 0 Å². The highest BCUT2D eigenvalue weighted by Gasteiger charge is 2.48. The van der Waals surface area contributed by atoms with Crippen LogP contribution in [0.5, 0.6) is 0 Å². The molecule has 4 unspecified atom stereocenters. The third kappa shape index (κ3) is 2.76. The van der Waals surface area contributed by atoms with Crippen LogP contribution in [-0.2, 0) is 0 Å². The minimum atomic E-state index is -0.178. The molecule has 0 aliphatic heterocycles. The summed E-state index contributed by atoms with van der Waals surface area (Å²) in [6.07, 6.45) is 5.11. The molecule has 1 rings (SSSR count). The first kappa shape index (κ1) is 14.8. The second kappa shape index (κ2) is 4.76. The maximum atomic E-state index is 10.5. The predicted octanol–water partition coefficient (Wildman–Crippen LogP) is 4.27. The van der Waals surface area contributed by atoms with Crippen molar-refractivity contribution in [1.29, 1.82) is 0 Å². The van der Waals surface area contributed by atoms with Crippen LogP contribution in [0, 0.1) is 28.6 Å². The highest BCUT2D eigenvalue weighted by Crippen LogP contribution is 2.52. The van der Waals surface area contributed by atoms with E-state index in [-0.39, 0.29) is 16.9 Å². The van der Waals surface area contributed by atoms with Crippen molar-refractivity contribution < 1.29 is 5.11 Å². The van der Waals surface area contributed by atoms with Crippen LogP contribution in [-0.4, -0.2) is 11.2 Å². The molecule has 4 atom stereocenters. The number of aliphatic hydroxyl groups is 1. The molecule has 1 aliphatic carbocycles. The lowest BCUT2D eigenvalue weighted by atomic mass is 9.54. The maximum Gasteiger partial charge on any atom is 0.0584 e. The molecular weight excluding hydrogens is 208 g/mol. The van der Waals surface area contributed by atoms with Crippen molar-refractivity contribution >= 4 is 0 Å². The normalized spacial score (nSPS) is 38.6. The minimum Gasteiger partial charge on any atom is -0.393 e. The Hall–Kier alpha value is -0.300. The molecule has 17 heavy (non-hydrogen) atoms. The Labute approximate surface area is 107 Å². The molecule has 1 aliphatic rings. The van der Waals surface area contributed by atoms with Gasteiger partial charge in [0.1, 0.15) is 0 Å². The number of aliphatic hydroxyl groups excluding tert-OH is 1. The lowest BCUT2D eigenvalue weighted by molar-refractivity contribution is -0.0879. The summed E-state index contributed by atoms with van der Waals surface area (Å²) in [7, 11) is 0. The zero-order valence-corrected chi connectivity index (χ0v) is 12.6. The molecule has 0 bridgehead atoms. The second-order valence-electron chi connectivity index (χ2n) is 7.25. The van der Waals surface area contributed by atoms with E-state index in [0.29, 0.717) is 17.8 Å². The fourth-order valence-electron chi connectivity index (χ4n) is 3.94. The van der Waals surface area contributed by atoms with Gasteiger partial charge >= 0.3 is 0 Å². The summed E-state index contributed by atoms with van der Waals surface area (Å²) in [6.45, 7) is 15.8. The van der Waals surface area contributed by atoms with Gasteiger partial charge in [0, 0.05) is 0 Å². The Balaban J connectivity index is 3.02. The minimum absolute atomic E-state index is 0.0817. The Bertz CT molecular complexity index is 288. The Morgan fingerprint density at radius 1 is 1.24 bits per heavy atom. The summed E-state index contributed by atoms with van der Waals surface area (Å²) in [5, 5.41) is 10.5. The first-order valence-electron chi connectivity index (χ1n) is 6.95. The number of rotatable bonds is 2. The van der Waals surface area contributed by atoms with Gasteiger partial charge in [0.25, 0.3) is 0 Å². The topological polar surface area (TPSA) is 20.2 Å². The van der Waals surface area contributed by atoms with E-state index >= 15 is 0 Å². The molecule has 0 amide bonds. The molecule has 1 fully saturated rings. The predicted molar refractivity (Wildman–Crippen MR) is 74.8 cm³/mol. The molecule has 0 heterocycles. The van der Waals surface area contributed by atoms with Crippen molar-refractivity contribution in [1.82, 2.24) is 0 Å². The monoisotopic (exact) mass is 238 g/mol. The zero-order chi connectivity index (χ0) is 13.4. The van der Waals surface area contributed by atoms with Gasteiger partial charge in [-0.1, -0.05) is 53.7 Å². The van der Waals surface area contributed by atoms with E-state index in [1.54, 1.807) is 0 Å². The van der Waals surface area contributed by atoms with Crippen molar-refractivity contribution in [2.45, 2.75) is 61.0 Å². The molecule has 1 nitrogen and oxygen atoms in total. The largest absolute Gasteiger partial charge is 0.393 e.